The Bertz CT molecular complexity index is 912. The largest absolute Gasteiger partial charge is 0.296 e. The number of Topliss-reactive ketones (excluding diaryl/α,β-unsaturated/α-hetero) is 1. The third kappa shape index (κ3) is 3.51. The van der Waals surface area contributed by atoms with Crippen molar-refractivity contribution in [2.75, 3.05) is 5.32 Å². The summed E-state index contributed by atoms with van der Waals surface area (Å²) in [4.78, 5) is 29.5. The number of rotatable bonds is 5. The van der Waals surface area contributed by atoms with Gasteiger partial charge in [0, 0.05) is 24.7 Å². The molecule has 0 radical (unpaired) electrons. The lowest BCUT2D eigenvalue weighted by Crippen LogP contribution is -2.18. The highest BCUT2D eigenvalue weighted by Gasteiger charge is 2.20. The Hall–Kier alpha value is -2.80. The van der Waals surface area contributed by atoms with Crippen LogP contribution in [0.25, 0.3) is 11.3 Å². The van der Waals surface area contributed by atoms with Crippen molar-refractivity contribution in [3.63, 3.8) is 0 Å². The molecule has 0 atom stereocenters. The highest BCUT2D eigenvalue weighted by atomic mass is 32.1. The summed E-state index contributed by atoms with van der Waals surface area (Å²) < 4.78 is 1.65. The molecule has 1 amide bonds. The van der Waals surface area contributed by atoms with Crippen LogP contribution in [0.15, 0.2) is 42.6 Å². The van der Waals surface area contributed by atoms with E-state index in [-0.39, 0.29) is 17.7 Å². The number of hydrogen-bond donors (Lipinski definition) is 1. The van der Waals surface area contributed by atoms with Crippen LogP contribution in [0, 0.1) is 0 Å². The van der Waals surface area contributed by atoms with E-state index in [1.807, 2.05) is 44.2 Å². The van der Waals surface area contributed by atoms with Gasteiger partial charge in [-0.2, -0.15) is 5.10 Å². The van der Waals surface area contributed by atoms with E-state index < -0.39 is 0 Å². The lowest BCUT2D eigenvalue weighted by molar-refractivity contribution is 0.100. The van der Waals surface area contributed by atoms with Crippen LogP contribution in [-0.4, -0.2) is 26.5 Å². The van der Waals surface area contributed by atoms with E-state index in [1.165, 1.54) is 18.3 Å². The molecule has 3 aromatic rings. The number of thiazole rings is 1. The number of ketones is 1. The molecule has 0 aliphatic heterocycles. The first-order chi connectivity index (χ1) is 12.0. The van der Waals surface area contributed by atoms with Gasteiger partial charge in [-0.15, -0.1) is 0 Å². The van der Waals surface area contributed by atoms with Crippen molar-refractivity contribution in [3.05, 3.63) is 53.2 Å². The summed E-state index contributed by atoms with van der Waals surface area (Å²) in [6.07, 6.45) is 1.59. The van der Waals surface area contributed by atoms with Crippen molar-refractivity contribution in [2.45, 2.75) is 26.8 Å². The average molecular weight is 354 g/mol. The van der Waals surface area contributed by atoms with Gasteiger partial charge in [0.2, 0.25) is 0 Å². The molecule has 0 saturated carbocycles. The van der Waals surface area contributed by atoms with E-state index in [0.29, 0.717) is 21.4 Å². The van der Waals surface area contributed by atoms with E-state index >= 15 is 0 Å². The minimum Gasteiger partial charge on any atom is -0.296 e. The number of hydrogen-bond acceptors (Lipinski definition) is 5. The fraction of sp³-hybridized carbons (Fsp3) is 0.222. The molecule has 0 unspecified atom stereocenters. The van der Waals surface area contributed by atoms with Gasteiger partial charge < -0.3 is 0 Å². The summed E-state index contributed by atoms with van der Waals surface area (Å²) in [6.45, 7) is 5.41. The van der Waals surface area contributed by atoms with Crippen molar-refractivity contribution in [1.29, 1.82) is 0 Å². The fourth-order valence-corrected chi connectivity index (χ4v) is 3.35. The van der Waals surface area contributed by atoms with E-state index in [2.05, 4.69) is 15.4 Å². The maximum Gasteiger partial charge on any atom is 0.275 e. The Morgan fingerprint density at radius 3 is 2.52 bits per heavy atom. The molecular formula is C18H18N4O2S. The monoisotopic (exact) mass is 354 g/mol. The van der Waals surface area contributed by atoms with E-state index in [0.717, 1.165) is 5.56 Å². The molecule has 0 spiro atoms. The second-order valence-electron chi connectivity index (χ2n) is 5.83. The number of carbonyl (C=O) groups excluding carboxylic acids is 2. The zero-order chi connectivity index (χ0) is 18.0. The van der Waals surface area contributed by atoms with Gasteiger partial charge in [-0.25, -0.2) is 4.98 Å². The Balaban J connectivity index is 1.92. The number of nitrogens with zero attached hydrogens (tertiary/aromatic N) is 3. The summed E-state index contributed by atoms with van der Waals surface area (Å²) in [5.41, 5.74) is 1.89. The molecule has 25 heavy (non-hydrogen) atoms. The average Bonchev–Trinajstić information content (AvgIpc) is 3.22. The van der Waals surface area contributed by atoms with Crippen molar-refractivity contribution in [3.8, 4) is 11.3 Å². The SMILES string of the molecule is CC(=O)c1sc(NC(=O)c2ccnn2C(C)C)nc1-c1ccccc1. The van der Waals surface area contributed by atoms with Gasteiger partial charge in [0.25, 0.3) is 5.91 Å². The van der Waals surface area contributed by atoms with Crippen molar-refractivity contribution >= 4 is 28.2 Å². The third-order valence-electron chi connectivity index (χ3n) is 3.61. The smallest absolute Gasteiger partial charge is 0.275 e. The number of aromatic nitrogens is 3. The van der Waals surface area contributed by atoms with Crippen LogP contribution < -0.4 is 5.32 Å². The van der Waals surface area contributed by atoms with E-state index in [1.54, 1.807) is 16.9 Å². The van der Waals surface area contributed by atoms with Crippen LogP contribution in [0.2, 0.25) is 0 Å². The van der Waals surface area contributed by atoms with Crippen LogP contribution in [0.3, 0.4) is 0 Å². The maximum absolute atomic E-state index is 12.5. The molecule has 2 heterocycles. The lowest BCUT2D eigenvalue weighted by atomic mass is 10.1. The van der Waals surface area contributed by atoms with Gasteiger partial charge in [0.15, 0.2) is 10.9 Å². The summed E-state index contributed by atoms with van der Waals surface area (Å²) >= 11 is 1.18. The zero-order valence-electron chi connectivity index (χ0n) is 14.2. The van der Waals surface area contributed by atoms with Gasteiger partial charge in [0.1, 0.15) is 5.69 Å². The van der Waals surface area contributed by atoms with E-state index in [9.17, 15) is 9.59 Å². The van der Waals surface area contributed by atoms with Crippen LogP contribution in [0.5, 0.6) is 0 Å². The van der Waals surface area contributed by atoms with Gasteiger partial charge in [-0.3, -0.25) is 19.6 Å². The second-order valence-corrected chi connectivity index (χ2v) is 6.83. The van der Waals surface area contributed by atoms with Gasteiger partial charge in [-0.1, -0.05) is 41.7 Å². The Kier molecular flexibility index (Phi) is 4.76. The standard InChI is InChI=1S/C18H18N4O2S/c1-11(2)22-14(9-10-19-22)17(24)21-18-20-15(16(25-18)12(3)23)13-7-5-4-6-8-13/h4-11H,1-3H3,(H,20,21,24). The quantitative estimate of drug-likeness (QED) is 0.702. The molecule has 128 valence electrons. The summed E-state index contributed by atoms with van der Waals surface area (Å²) in [5.74, 6) is -0.376. The van der Waals surface area contributed by atoms with Crippen LogP contribution in [0.4, 0.5) is 5.13 Å². The summed E-state index contributed by atoms with van der Waals surface area (Å²) in [7, 11) is 0. The minimum atomic E-state index is -0.297. The van der Waals surface area contributed by atoms with Crippen molar-refractivity contribution in [1.82, 2.24) is 14.8 Å². The van der Waals surface area contributed by atoms with E-state index in [4.69, 9.17) is 0 Å². The minimum absolute atomic E-state index is 0.0692. The lowest BCUT2D eigenvalue weighted by Gasteiger charge is -2.09. The maximum atomic E-state index is 12.5. The molecule has 6 nitrogen and oxygen atoms in total. The highest BCUT2D eigenvalue weighted by molar-refractivity contribution is 7.18. The molecule has 1 N–H and O–H groups in total. The Labute approximate surface area is 149 Å². The first-order valence-corrected chi connectivity index (χ1v) is 8.71. The normalized spacial score (nSPS) is 10.9. The molecule has 0 saturated heterocycles. The number of amides is 1. The highest BCUT2D eigenvalue weighted by Crippen LogP contribution is 2.31. The molecule has 0 bridgehead atoms. The molecule has 3 rings (SSSR count). The van der Waals surface area contributed by atoms with Crippen LogP contribution >= 0.6 is 11.3 Å². The molecule has 1 aromatic carbocycles. The summed E-state index contributed by atoms with van der Waals surface area (Å²) in [5, 5.41) is 7.34. The van der Waals surface area contributed by atoms with Gasteiger partial charge in [-0.05, 0) is 19.9 Å². The van der Waals surface area contributed by atoms with Crippen LogP contribution in [0.1, 0.15) is 47.0 Å². The van der Waals surface area contributed by atoms with Crippen molar-refractivity contribution in [2.24, 2.45) is 0 Å². The zero-order valence-corrected chi connectivity index (χ0v) is 15.0. The third-order valence-corrected chi connectivity index (χ3v) is 4.68. The number of carbonyl (C=O) groups is 2. The van der Waals surface area contributed by atoms with Gasteiger partial charge in [0.05, 0.1) is 10.6 Å². The molecule has 0 fully saturated rings. The topological polar surface area (TPSA) is 76.9 Å². The summed E-state index contributed by atoms with van der Waals surface area (Å²) in [6, 6.07) is 11.2. The Morgan fingerprint density at radius 1 is 1.16 bits per heavy atom. The second kappa shape index (κ2) is 6.98. The molecular weight excluding hydrogens is 336 g/mol. The van der Waals surface area contributed by atoms with Gasteiger partial charge >= 0.3 is 0 Å². The first kappa shape index (κ1) is 17.0. The first-order valence-electron chi connectivity index (χ1n) is 7.89. The predicted molar refractivity (Wildman–Crippen MR) is 98.1 cm³/mol. The Morgan fingerprint density at radius 2 is 1.88 bits per heavy atom. The predicted octanol–water partition coefficient (Wildman–Crippen LogP) is 4.04. The molecule has 2 aromatic heterocycles. The molecule has 0 aliphatic rings. The molecule has 0 aliphatic carbocycles. The van der Waals surface area contributed by atoms with Crippen LogP contribution in [-0.2, 0) is 0 Å². The number of anilines is 1. The van der Waals surface area contributed by atoms with Crippen molar-refractivity contribution < 1.29 is 9.59 Å². The fourth-order valence-electron chi connectivity index (χ4n) is 2.47. The number of benzene rings is 1. The number of nitrogens with one attached hydrogen (secondary N) is 1. The molecule has 7 heteroatoms.